The molecule has 0 bridgehead atoms. The lowest BCUT2D eigenvalue weighted by Crippen LogP contribution is -2.35. The summed E-state index contributed by atoms with van der Waals surface area (Å²) in [4.78, 5) is 2.26. The van der Waals surface area contributed by atoms with Crippen molar-refractivity contribution in [3.63, 3.8) is 0 Å². The van der Waals surface area contributed by atoms with Gasteiger partial charge >= 0.3 is 0 Å². The Labute approximate surface area is 141 Å². The number of likely N-dealkylation sites (tertiary alicyclic amines) is 1. The number of rotatable bonds is 4. The van der Waals surface area contributed by atoms with Gasteiger partial charge in [-0.1, -0.05) is 31.2 Å². The fourth-order valence-electron chi connectivity index (χ4n) is 4.05. The summed E-state index contributed by atoms with van der Waals surface area (Å²) >= 11 is 0. The summed E-state index contributed by atoms with van der Waals surface area (Å²) < 4.78 is 42.1. The van der Waals surface area contributed by atoms with Gasteiger partial charge in [0.25, 0.3) is 0 Å². The first-order chi connectivity index (χ1) is 11.5. The van der Waals surface area contributed by atoms with E-state index in [0.29, 0.717) is 11.1 Å². The maximum atomic E-state index is 14.5. The number of hydrogen-bond acceptors (Lipinski definition) is 1. The van der Waals surface area contributed by atoms with Gasteiger partial charge in [0.1, 0.15) is 5.82 Å². The molecule has 1 saturated heterocycles. The summed E-state index contributed by atoms with van der Waals surface area (Å²) in [5.74, 6) is -2.40. The van der Waals surface area contributed by atoms with E-state index < -0.39 is 11.6 Å². The Kier molecular flexibility index (Phi) is 4.95. The van der Waals surface area contributed by atoms with Crippen LogP contribution in [0.5, 0.6) is 0 Å². The van der Waals surface area contributed by atoms with Crippen LogP contribution in [0, 0.1) is 23.4 Å². The summed E-state index contributed by atoms with van der Waals surface area (Å²) in [5, 5.41) is 0. The first kappa shape index (κ1) is 17.0. The van der Waals surface area contributed by atoms with Crippen LogP contribution in [0.15, 0.2) is 42.5 Å². The van der Waals surface area contributed by atoms with Gasteiger partial charge in [-0.15, -0.1) is 0 Å². The van der Waals surface area contributed by atoms with Crippen LogP contribution < -0.4 is 0 Å². The molecule has 1 fully saturated rings. The lowest BCUT2D eigenvalue weighted by atomic mass is 9.77. The third-order valence-corrected chi connectivity index (χ3v) is 5.23. The molecule has 1 aliphatic rings. The van der Waals surface area contributed by atoms with Gasteiger partial charge in [0.2, 0.25) is 0 Å². The van der Waals surface area contributed by atoms with Gasteiger partial charge in [0.15, 0.2) is 11.6 Å². The number of halogens is 3. The third-order valence-electron chi connectivity index (χ3n) is 5.23. The maximum Gasteiger partial charge on any atom is 0.162 e. The standard InChI is InChI=1S/C20H22F3N/c1-13(18-10-5-11-24(18)2)19(14-6-3-7-15(21)12-14)16-8-4-9-17(22)20(16)23/h3-4,6-9,12-13,18-19H,5,10-11H2,1-2H3/t13-,18+,19+/m0/s1. The smallest absolute Gasteiger partial charge is 0.162 e. The van der Waals surface area contributed by atoms with Crippen LogP contribution in [0.1, 0.15) is 36.8 Å². The monoisotopic (exact) mass is 333 g/mol. The highest BCUT2D eigenvalue weighted by Gasteiger charge is 2.35. The Bertz CT molecular complexity index is 716. The second-order valence-electron chi connectivity index (χ2n) is 6.73. The summed E-state index contributed by atoms with van der Waals surface area (Å²) in [6.07, 6.45) is 2.10. The van der Waals surface area contributed by atoms with E-state index in [9.17, 15) is 13.2 Å². The van der Waals surface area contributed by atoms with E-state index in [1.807, 2.05) is 6.92 Å². The molecule has 4 heteroatoms. The van der Waals surface area contributed by atoms with Crippen LogP contribution in [0.4, 0.5) is 13.2 Å². The molecular formula is C20H22F3N. The normalized spacial score (nSPS) is 21.0. The number of hydrogen-bond donors (Lipinski definition) is 0. The fourth-order valence-corrected chi connectivity index (χ4v) is 4.05. The molecule has 3 rings (SSSR count). The Balaban J connectivity index is 2.08. The van der Waals surface area contributed by atoms with Crippen LogP contribution in [-0.4, -0.2) is 24.5 Å². The predicted molar refractivity (Wildman–Crippen MR) is 89.4 cm³/mol. The fraction of sp³-hybridized carbons (Fsp3) is 0.400. The number of nitrogens with zero attached hydrogens (tertiary/aromatic N) is 1. The Morgan fingerprint density at radius 1 is 1.08 bits per heavy atom. The molecule has 1 aliphatic heterocycles. The highest BCUT2D eigenvalue weighted by atomic mass is 19.2. The van der Waals surface area contributed by atoms with Crippen LogP contribution in [-0.2, 0) is 0 Å². The van der Waals surface area contributed by atoms with E-state index in [0.717, 1.165) is 25.5 Å². The molecule has 1 nitrogen and oxygen atoms in total. The van der Waals surface area contributed by atoms with E-state index in [4.69, 9.17) is 0 Å². The van der Waals surface area contributed by atoms with Gasteiger partial charge in [-0.3, -0.25) is 0 Å². The minimum Gasteiger partial charge on any atom is -0.303 e. The van der Waals surface area contributed by atoms with E-state index in [1.54, 1.807) is 18.2 Å². The number of benzene rings is 2. The molecule has 2 aromatic rings. The molecule has 3 atom stereocenters. The van der Waals surface area contributed by atoms with Crippen molar-refractivity contribution in [2.75, 3.05) is 13.6 Å². The molecular weight excluding hydrogens is 311 g/mol. The molecule has 0 saturated carbocycles. The molecule has 0 radical (unpaired) electrons. The summed E-state index contributed by atoms with van der Waals surface area (Å²) in [5.41, 5.74) is 0.987. The minimum absolute atomic E-state index is 0.0376. The zero-order chi connectivity index (χ0) is 17.3. The van der Waals surface area contributed by atoms with Gasteiger partial charge in [-0.05, 0) is 61.7 Å². The SMILES string of the molecule is C[C@H]([C@H](c1cccc(F)c1)c1cccc(F)c1F)[C@H]1CCCN1C. The summed E-state index contributed by atoms with van der Waals surface area (Å²) in [6.45, 7) is 3.04. The zero-order valence-electron chi connectivity index (χ0n) is 14.0. The molecule has 0 aromatic heterocycles. The summed E-state index contributed by atoms with van der Waals surface area (Å²) in [7, 11) is 2.05. The van der Waals surface area contributed by atoms with E-state index in [-0.39, 0.29) is 23.7 Å². The van der Waals surface area contributed by atoms with Crippen molar-refractivity contribution in [2.24, 2.45) is 5.92 Å². The minimum atomic E-state index is -0.860. The van der Waals surface area contributed by atoms with Gasteiger partial charge in [-0.2, -0.15) is 0 Å². The van der Waals surface area contributed by atoms with Crippen LogP contribution in [0.3, 0.4) is 0 Å². The molecule has 1 heterocycles. The van der Waals surface area contributed by atoms with Gasteiger partial charge in [0.05, 0.1) is 0 Å². The first-order valence-electron chi connectivity index (χ1n) is 8.38. The molecule has 0 unspecified atom stereocenters. The average molecular weight is 333 g/mol. The van der Waals surface area contributed by atoms with Gasteiger partial charge < -0.3 is 4.90 Å². The lowest BCUT2D eigenvalue weighted by Gasteiger charge is -2.33. The lowest BCUT2D eigenvalue weighted by molar-refractivity contribution is 0.222. The molecule has 2 aromatic carbocycles. The van der Waals surface area contributed by atoms with Gasteiger partial charge in [0, 0.05) is 12.0 Å². The van der Waals surface area contributed by atoms with Crippen LogP contribution in [0.25, 0.3) is 0 Å². The van der Waals surface area contributed by atoms with E-state index in [2.05, 4.69) is 11.9 Å². The second-order valence-corrected chi connectivity index (χ2v) is 6.73. The topological polar surface area (TPSA) is 3.24 Å². The van der Waals surface area contributed by atoms with Gasteiger partial charge in [-0.25, -0.2) is 13.2 Å². The maximum absolute atomic E-state index is 14.5. The Morgan fingerprint density at radius 3 is 2.50 bits per heavy atom. The van der Waals surface area contributed by atoms with E-state index in [1.165, 1.54) is 18.2 Å². The zero-order valence-corrected chi connectivity index (χ0v) is 14.0. The van der Waals surface area contributed by atoms with Crippen molar-refractivity contribution in [2.45, 2.75) is 31.7 Å². The van der Waals surface area contributed by atoms with Crippen molar-refractivity contribution in [1.29, 1.82) is 0 Å². The summed E-state index contributed by atoms with van der Waals surface area (Å²) in [6, 6.07) is 10.7. The van der Waals surface area contributed by atoms with Crippen molar-refractivity contribution < 1.29 is 13.2 Å². The van der Waals surface area contributed by atoms with Crippen molar-refractivity contribution in [1.82, 2.24) is 4.90 Å². The first-order valence-corrected chi connectivity index (χ1v) is 8.38. The molecule has 128 valence electrons. The molecule has 0 spiro atoms. The molecule has 0 aliphatic carbocycles. The quantitative estimate of drug-likeness (QED) is 0.764. The van der Waals surface area contributed by atoms with E-state index >= 15 is 0 Å². The molecule has 0 amide bonds. The van der Waals surface area contributed by atoms with Crippen molar-refractivity contribution in [3.05, 3.63) is 71.0 Å². The molecule has 0 N–H and O–H groups in total. The van der Waals surface area contributed by atoms with Crippen LogP contribution in [0.2, 0.25) is 0 Å². The average Bonchev–Trinajstić information content (AvgIpc) is 2.98. The Hall–Kier alpha value is -1.81. The Morgan fingerprint density at radius 2 is 1.83 bits per heavy atom. The van der Waals surface area contributed by atoms with Crippen molar-refractivity contribution in [3.8, 4) is 0 Å². The largest absolute Gasteiger partial charge is 0.303 e. The highest BCUT2D eigenvalue weighted by Crippen LogP contribution is 2.39. The van der Waals surface area contributed by atoms with Crippen LogP contribution >= 0.6 is 0 Å². The van der Waals surface area contributed by atoms with Crippen molar-refractivity contribution >= 4 is 0 Å². The highest BCUT2D eigenvalue weighted by molar-refractivity contribution is 5.35. The second kappa shape index (κ2) is 6.98. The third kappa shape index (κ3) is 3.20. The predicted octanol–water partition coefficient (Wildman–Crippen LogP) is 4.97. The molecule has 24 heavy (non-hydrogen) atoms.